The van der Waals surface area contributed by atoms with E-state index in [9.17, 15) is 0 Å². The van der Waals surface area contributed by atoms with Gasteiger partial charge in [-0.25, -0.2) is 10.6 Å². The van der Waals surface area contributed by atoms with Crippen LogP contribution in [0.25, 0.3) is 0 Å². The number of hydrogen-bond acceptors (Lipinski definition) is 3. The fourth-order valence-corrected chi connectivity index (χ4v) is 0. The summed E-state index contributed by atoms with van der Waals surface area (Å²) in [7, 11) is 0. The molecule has 72 valence electrons. The van der Waals surface area contributed by atoms with E-state index < -0.39 is 0 Å². The van der Waals surface area contributed by atoms with Crippen molar-refractivity contribution in [2.24, 2.45) is 0 Å². The minimum absolute atomic E-state index is 0. The molecule has 0 saturated heterocycles. The molecule has 3 nitrogen and oxygen atoms in total. The van der Waals surface area contributed by atoms with Crippen molar-refractivity contribution in [1.29, 1.82) is 0 Å². The van der Waals surface area contributed by atoms with Gasteiger partial charge in [0.25, 0.3) is 0 Å². The Kier molecular flexibility index (Phi) is 8830. The van der Waals surface area contributed by atoms with Crippen molar-refractivity contribution < 1.29 is 93.2 Å². The van der Waals surface area contributed by atoms with E-state index in [2.05, 4.69) is 0 Å². The third-order valence-electron chi connectivity index (χ3n) is 0. The molecule has 0 rings (SSSR count). The molecule has 0 atom stereocenters. The van der Waals surface area contributed by atoms with Gasteiger partial charge < -0.3 is 1.43 Å². The Morgan fingerprint density at radius 3 is 0.818 bits per heavy atom. The molecule has 0 fully saturated rings. The molecule has 0 bridgehead atoms. The summed E-state index contributed by atoms with van der Waals surface area (Å²) >= 11 is 0.750. The summed E-state index contributed by atoms with van der Waals surface area (Å²) in [5, 5.41) is 11.0. The summed E-state index contributed by atoms with van der Waals surface area (Å²) in [6.45, 7) is 0. The zero-order valence-corrected chi connectivity index (χ0v) is 8.75. The van der Waals surface area contributed by atoms with Crippen LogP contribution in [0.4, 0.5) is 27.9 Å². The first-order chi connectivity index (χ1) is 3.00. The van der Waals surface area contributed by atoms with Crippen LogP contribution in [0.1, 0.15) is 1.43 Å². The predicted octanol–water partition coefficient (Wildman–Crippen LogP) is -2.67. The summed E-state index contributed by atoms with van der Waals surface area (Å²) in [4.78, 5) is 0. The average molecular weight is 240 g/mol. The van der Waals surface area contributed by atoms with Crippen LogP contribution in [-0.4, -0.2) is 10.6 Å². The van der Waals surface area contributed by atoms with E-state index in [-0.39, 0.29) is 49.8 Å². The van der Waals surface area contributed by atoms with Crippen molar-refractivity contribution >= 4 is 0 Å². The van der Waals surface area contributed by atoms with Gasteiger partial charge >= 0.3 is 53.3 Å². The molecule has 0 amide bonds. The Hall–Kier alpha value is 1.01. The van der Waals surface area contributed by atoms with Crippen molar-refractivity contribution in [1.82, 2.24) is 0 Å². The summed E-state index contributed by atoms with van der Waals surface area (Å²) in [6.07, 6.45) is 0. The standard InChI is InChI=1S/2FHO.4FH.Na.O.Ti.H/c2*1-2;;;;;;;;/h2*2H;4*1H;;;;/q;;;;;;+1;;;-1. The van der Waals surface area contributed by atoms with E-state index in [1.54, 1.807) is 0 Å². The second kappa shape index (κ2) is 1070. The molecule has 0 aromatic carbocycles. The maximum atomic E-state index is 8.50. The Morgan fingerprint density at radius 2 is 0.818 bits per heavy atom. The van der Waals surface area contributed by atoms with E-state index in [1.807, 2.05) is 0 Å². The SMILES string of the molecule is F.F.F.F.OF.OF.[H-].[Na+].[O]=[Ti]. The van der Waals surface area contributed by atoms with Crippen LogP contribution in [0.5, 0.6) is 0 Å². The monoisotopic (exact) mass is 240 g/mol. The number of rotatable bonds is 0. The molecule has 0 unspecified atom stereocenters. The summed E-state index contributed by atoms with van der Waals surface area (Å²) < 4.78 is 25.2. The molecule has 0 saturated carbocycles. The van der Waals surface area contributed by atoms with Gasteiger partial charge in [0.1, 0.15) is 0 Å². The van der Waals surface area contributed by atoms with Gasteiger partial charge in [0, 0.05) is 0 Å². The van der Waals surface area contributed by atoms with Gasteiger partial charge in [-0.2, -0.15) is 0 Å². The van der Waals surface area contributed by atoms with Gasteiger partial charge in [0.15, 0.2) is 0 Å². The normalized spacial score (nSPS) is 1.36. The van der Waals surface area contributed by atoms with Crippen LogP contribution in [0.15, 0.2) is 0 Å². The fourth-order valence-electron chi connectivity index (χ4n) is 0. The molecule has 0 heterocycles. The van der Waals surface area contributed by atoms with Crippen LogP contribution >= 0.6 is 0 Å². The zero-order chi connectivity index (χ0) is 6.00. The maximum absolute atomic E-state index is 8.50. The quantitative estimate of drug-likeness (QED) is 0.358. The Labute approximate surface area is 92.9 Å². The molecule has 0 spiro atoms. The first-order valence-electron chi connectivity index (χ1n) is 0.542. The van der Waals surface area contributed by atoms with Crippen LogP contribution in [0.2, 0.25) is 0 Å². The van der Waals surface area contributed by atoms with E-state index in [0.29, 0.717) is 0 Å². The van der Waals surface area contributed by atoms with Crippen LogP contribution in [-0.2, 0) is 23.7 Å². The molecule has 0 radical (unpaired) electrons. The third kappa shape index (κ3) is 870. The van der Waals surface area contributed by atoms with Gasteiger partial charge in [-0.3, -0.25) is 18.8 Å². The van der Waals surface area contributed by atoms with Gasteiger partial charge in [-0.15, -0.1) is 0 Å². The van der Waals surface area contributed by atoms with Crippen molar-refractivity contribution in [2.45, 2.75) is 0 Å². The van der Waals surface area contributed by atoms with Gasteiger partial charge in [0.2, 0.25) is 0 Å². The zero-order valence-electron chi connectivity index (χ0n) is 6.19. The van der Waals surface area contributed by atoms with E-state index in [1.165, 1.54) is 0 Å². The molecule has 0 aromatic rings. The summed E-state index contributed by atoms with van der Waals surface area (Å²) in [5.74, 6) is 0. The molecule has 2 N–H and O–H groups in total. The minimum atomic E-state index is 0. The fraction of sp³-hybridized carbons (Fsp3) is 0. The number of halogens is 6. The van der Waals surface area contributed by atoms with Gasteiger partial charge in [0.05, 0.1) is 0 Å². The van der Waals surface area contributed by atoms with Crippen molar-refractivity contribution in [3.05, 3.63) is 0 Å². The topological polar surface area (TPSA) is 57.5 Å². The van der Waals surface area contributed by atoms with Gasteiger partial charge in [-0.05, 0) is 0 Å². The number of hydrogen-bond donors (Lipinski definition) is 2. The molecule has 0 aliphatic heterocycles. The molecule has 11 heteroatoms. The average Bonchev–Trinajstić information content (AvgIpc) is 1.81. The molecule has 0 aliphatic rings. The molecule has 11 heavy (non-hydrogen) atoms. The van der Waals surface area contributed by atoms with Gasteiger partial charge in [-0.1, -0.05) is 9.05 Å². The second-order valence-corrected chi connectivity index (χ2v) is 0. The van der Waals surface area contributed by atoms with Crippen LogP contribution in [0, 0.1) is 0 Å². The first-order valence-corrected chi connectivity index (χ1v) is 1.18. The third-order valence-corrected chi connectivity index (χ3v) is 0. The van der Waals surface area contributed by atoms with E-state index >= 15 is 0 Å². The van der Waals surface area contributed by atoms with Crippen LogP contribution in [0.3, 0.4) is 0 Å². The van der Waals surface area contributed by atoms with Crippen LogP contribution < -0.4 is 29.6 Å². The Balaban J connectivity index is -0.00000000129. The molecule has 0 aromatic heterocycles. The molecular formula is H7F6NaO3Ti. The van der Waals surface area contributed by atoms with Crippen molar-refractivity contribution in [3.8, 4) is 0 Å². The van der Waals surface area contributed by atoms with Crippen molar-refractivity contribution in [3.63, 3.8) is 0 Å². The van der Waals surface area contributed by atoms with Crippen molar-refractivity contribution in [2.75, 3.05) is 0 Å². The first kappa shape index (κ1) is 90.4. The summed E-state index contributed by atoms with van der Waals surface area (Å²) in [6, 6.07) is 0. The molecule has 0 aliphatic carbocycles. The predicted molar refractivity (Wildman–Crippen MR) is 18.5 cm³/mol. The molecular weight excluding hydrogens is 233 g/mol. The second-order valence-electron chi connectivity index (χ2n) is 0. The van der Waals surface area contributed by atoms with E-state index in [0.717, 1.165) is 20.4 Å². The van der Waals surface area contributed by atoms with E-state index in [4.69, 9.17) is 23.0 Å². The Bertz CT molecular complexity index is 22.8. The Morgan fingerprint density at radius 1 is 0.818 bits per heavy atom. The summed E-state index contributed by atoms with van der Waals surface area (Å²) in [5.41, 5.74) is 0.